The van der Waals surface area contributed by atoms with Crippen LogP contribution in [0.4, 0.5) is 0 Å². The molecule has 19 heavy (non-hydrogen) atoms. The number of rotatable bonds is 5. The highest BCUT2D eigenvalue weighted by molar-refractivity contribution is 9.10. The number of nitrogens with one attached hydrogen (secondary N) is 2. The van der Waals surface area contributed by atoms with Crippen LogP contribution < -0.4 is 5.32 Å². The van der Waals surface area contributed by atoms with Gasteiger partial charge in [0.2, 0.25) is 0 Å². The Hall–Kier alpha value is -1.66. The predicted molar refractivity (Wildman–Crippen MR) is 75.8 cm³/mol. The lowest BCUT2D eigenvalue weighted by atomic mass is 10.1. The molecule has 0 radical (unpaired) electrons. The van der Waals surface area contributed by atoms with Crippen molar-refractivity contribution in [2.45, 2.75) is 6.42 Å². The molecule has 1 aromatic carbocycles. The number of aliphatic hydroxyl groups excluding tert-OH is 1. The van der Waals surface area contributed by atoms with Gasteiger partial charge < -0.3 is 10.4 Å². The van der Waals surface area contributed by atoms with Crippen LogP contribution in [0.3, 0.4) is 0 Å². The third-order valence-corrected chi connectivity index (χ3v) is 3.37. The molecule has 3 N–H and O–H groups in total. The topological polar surface area (TPSA) is 78.0 Å². The van der Waals surface area contributed by atoms with Gasteiger partial charge in [0.1, 0.15) is 11.4 Å². The average Bonchev–Trinajstić information content (AvgIpc) is 2.82. The van der Waals surface area contributed by atoms with E-state index in [1.54, 1.807) is 0 Å². The molecule has 100 valence electrons. The van der Waals surface area contributed by atoms with Gasteiger partial charge in [-0.3, -0.25) is 9.89 Å². The number of aliphatic hydroxyl groups is 1. The van der Waals surface area contributed by atoms with Crippen molar-refractivity contribution in [3.63, 3.8) is 0 Å². The van der Waals surface area contributed by atoms with E-state index in [9.17, 15) is 4.79 Å². The summed E-state index contributed by atoms with van der Waals surface area (Å²) >= 11 is 3.39. The number of benzene rings is 1. The molecule has 0 atom stereocenters. The summed E-state index contributed by atoms with van der Waals surface area (Å²) in [6, 6.07) is 9.60. The minimum Gasteiger partial charge on any atom is -0.396 e. The van der Waals surface area contributed by atoms with Gasteiger partial charge in [-0.2, -0.15) is 5.10 Å². The maximum atomic E-state index is 11.9. The van der Waals surface area contributed by atoms with Crippen LogP contribution in [0.1, 0.15) is 16.9 Å². The van der Waals surface area contributed by atoms with Crippen LogP contribution >= 0.6 is 15.9 Å². The highest BCUT2D eigenvalue weighted by atomic mass is 79.9. The molecule has 1 heterocycles. The monoisotopic (exact) mass is 323 g/mol. The van der Waals surface area contributed by atoms with Crippen molar-refractivity contribution in [3.8, 4) is 11.3 Å². The van der Waals surface area contributed by atoms with E-state index in [-0.39, 0.29) is 12.5 Å². The highest BCUT2D eigenvalue weighted by Crippen LogP contribution is 2.28. The molecule has 0 aliphatic rings. The first kappa shape index (κ1) is 13.8. The van der Waals surface area contributed by atoms with E-state index >= 15 is 0 Å². The number of carbonyl (C=O) groups is 1. The van der Waals surface area contributed by atoms with Crippen molar-refractivity contribution in [1.82, 2.24) is 15.5 Å². The van der Waals surface area contributed by atoms with Gasteiger partial charge in [-0.15, -0.1) is 0 Å². The Morgan fingerprint density at radius 2 is 2.11 bits per heavy atom. The smallest absolute Gasteiger partial charge is 0.270 e. The van der Waals surface area contributed by atoms with Crippen LogP contribution in [-0.2, 0) is 0 Å². The molecule has 0 bridgehead atoms. The standard InChI is InChI=1S/C13H14BrN3O2/c14-10-11(9-5-2-1-3-6-9)16-17-12(10)13(19)15-7-4-8-18/h1-3,5-6,18H,4,7-8H2,(H,15,19)(H,16,17). The predicted octanol–water partition coefficient (Wildman–Crippen LogP) is 1.95. The Labute approximate surface area is 119 Å². The fraction of sp³-hybridized carbons (Fsp3) is 0.231. The summed E-state index contributed by atoms with van der Waals surface area (Å²) in [7, 11) is 0. The number of H-pyrrole nitrogens is 1. The molecule has 0 unspecified atom stereocenters. The first-order chi connectivity index (χ1) is 9.24. The molecule has 2 rings (SSSR count). The van der Waals surface area contributed by atoms with Gasteiger partial charge >= 0.3 is 0 Å². The lowest BCUT2D eigenvalue weighted by Gasteiger charge is -2.02. The summed E-state index contributed by atoms with van der Waals surface area (Å²) in [6.45, 7) is 0.487. The van der Waals surface area contributed by atoms with Crippen LogP contribution in [0.25, 0.3) is 11.3 Å². The van der Waals surface area contributed by atoms with E-state index in [0.29, 0.717) is 28.8 Å². The normalized spacial score (nSPS) is 10.4. The number of nitrogens with zero attached hydrogens (tertiary/aromatic N) is 1. The maximum absolute atomic E-state index is 11.9. The first-order valence-corrected chi connectivity index (χ1v) is 6.71. The summed E-state index contributed by atoms with van der Waals surface area (Å²) in [5.41, 5.74) is 2.02. The Kier molecular flexibility index (Phi) is 4.70. The van der Waals surface area contributed by atoms with Crippen molar-refractivity contribution in [1.29, 1.82) is 0 Å². The second kappa shape index (κ2) is 6.49. The number of halogens is 1. The second-order valence-electron chi connectivity index (χ2n) is 3.96. The first-order valence-electron chi connectivity index (χ1n) is 5.92. The Bertz CT molecular complexity index is 554. The molecule has 0 aliphatic heterocycles. The Balaban J connectivity index is 2.17. The van der Waals surface area contributed by atoms with Crippen LogP contribution in [0, 0.1) is 0 Å². The van der Waals surface area contributed by atoms with E-state index in [0.717, 1.165) is 5.56 Å². The highest BCUT2D eigenvalue weighted by Gasteiger charge is 2.17. The van der Waals surface area contributed by atoms with Crippen molar-refractivity contribution in [2.75, 3.05) is 13.2 Å². The molecule has 0 saturated carbocycles. The molecule has 6 heteroatoms. The Morgan fingerprint density at radius 3 is 2.79 bits per heavy atom. The lowest BCUT2D eigenvalue weighted by Crippen LogP contribution is -2.25. The quantitative estimate of drug-likeness (QED) is 0.736. The molecule has 1 amide bonds. The van der Waals surface area contributed by atoms with Crippen molar-refractivity contribution >= 4 is 21.8 Å². The molecule has 0 saturated heterocycles. The summed E-state index contributed by atoms with van der Waals surface area (Å²) in [5.74, 6) is -0.241. The fourth-order valence-electron chi connectivity index (χ4n) is 1.64. The number of amides is 1. The van der Waals surface area contributed by atoms with Crippen molar-refractivity contribution < 1.29 is 9.90 Å². The van der Waals surface area contributed by atoms with E-state index in [2.05, 4.69) is 31.4 Å². The second-order valence-corrected chi connectivity index (χ2v) is 4.75. The third-order valence-electron chi connectivity index (χ3n) is 2.60. The molecular formula is C13H14BrN3O2. The number of hydrogen-bond donors (Lipinski definition) is 3. The number of carbonyl (C=O) groups excluding carboxylic acids is 1. The van der Waals surface area contributed by atoms with Gasteiger partial charge in [0, 0.05) is 18.7 Å². The summed E-state index contributed by atoms with van der Waals surface area (Å²) in [5, 5.41) is 18.3. The lowest BCUT2D eigenvalue weighted by molar-refractivity contribution is 0.0945. The van der Waals surface area contributed by atoms with Crippen LogP contribution in [0.15, 0.2) is 34.8 Å². The molecule has 0 spiro atoms. The van der Waals surface area contributed by atoms with Gasteiger partial charge in [0.05, 0.1) is 4.47 Å². The number of aromatic amines is 1. The fourth-order valence-corrected chi connectivity index (χ4v) is 2.22. The minimum absolute atomic E-state index is 0.0552. The molecular weight excluding hydrogens is 310 g/mol. The van der Waals surface area contributed by atoms with Gasteiger partial charge in [0.25, 0.3) is 5.91 Å². The van der Waals surface area contributed by atoms with Gasteiger partial charge in [-0.25, -0.2) is 0 Å². The Morgan fingerprint density at radius 1 is 1.37 bits per heavy atom. The summed E-state index contributed by atoms with van der Waals surface area (Å²) in [4.78, 5) is 11.9. The SMILES string of the molecule is O=C(NCCCO)c1[nH]nc(-c2ccccc2)c1Br. The zero-order valence-electron chi connectivity index (χ0n) is 10.2. The number of hydrogen-bond acceptors (Lipinski definition) is 3. The van der Waals surface area contributed by atoms with E-state index in [1.807, 2.05) is 30.3 Å². The molecule has 5 nitrogen and oxygen atoms in total. The van der Waals surface area contributed by atoms with Gasteiger partial charge in [-0.05, 0) is 22.4 Å². The van der Waals surface area contributed by atoms with Crippen LogP contribution in [-0.4, -0.2) is 34.4 Å². The molecule has 0 aliphatic carbocycles. The summed E-state index contributed by atoms with van der Waals surface area (Å²) in [6.07, 6.45) is 0.531. The van der Waals surface area contributed by atoms with E-state index < -0.39 is 0 Å². The summed E-state index contributed by atoms with van der Waals surface area (Å²) < 4.78 is 0.639. The van der Waals surface area contributed by atoms with Crippen molar-refractivity contribution in [3.05, 3.63) is 40.5 Å². The van der Waals surface area contributed by atoms with Crippen molar-refractivity contribution in [2.24, 2.45) is 0 Å². The minimum atomic E-state index is -0.241. The van der Waals surface area contributed by atoms with Gasteiger partial charge in [0.15, 0.2) is 0 Å². The zero-order chi connectivity index (χ0) is 13.7. The number of aromatic nitrogens is 2. The molecule has 2 aromatic rings. The third kappa shape index (κ3) is 3.21. The van der Waals surface area contributed by atoms with Crippen LogP contribution in [0.5, 0.6) is 0 Å². The van der Waals surface area contributed by atoms with E-state index in [4.69, 9.17) is 5.11 Å². The van der Waals surface area contributed by atoms with Gasteiger partial charge in [-0.1, -0.05) is 30.3 Å². The van der Waals surface area contributed by atoms with E-state index in [1.165, 1.54) is 0 Å². The maximum Gasteiger partial charge on any atom is 0.270 e. The van der Waals surface area contributed by atoms with Crippen LogP contribution in [0.2, 0.25) is 0 Å². The zero-order valence-corrected chi connectivity index (χ0v) is 11.8. The average molecular weight is 324 g/mol. The largest absolute Gasteiger partial charge is 0.396 e. The molecule has 1 aromatic heterocycles. The molecule has 0 fully saturated rings.